The predicted molar refractivity (Wildman–Crippen MR) is 74.0 cm³/mol. The van der Waals surface area contributed by atoms with E-state index in [4.69, 9.17) is 22.7 Å². The van der Waals surface area contributed by atoms with Crippen molar-refractivity contribution < 1.29 is 13.2 Å². The first-order valence-corrected chi connectivity index (χ1v) is 7.99. The number of hydrogen-bond acceptors (Lipinski definition) is 5. The highest BCUT2D eigenvalue weighted by molar-refractivity contribution is 7.90. The molecule has 102 valence electrons. The molecule has 5 nitrogen and oxygen atoms in total. The van der Waals surface area contributed by atoms with Gasteiger partial charge in [0.15, 0.2) is 0 Å². The number of thiocarbonyl (C=S) groups is 1. The van der Waals surface area contributed by atoms with Crippen LogP contribution in [-0.2, 0) is 14.6 Å². The molecule has 0 radical (unpaired) electrons. The Labute approximate surface area is 109 Å². The highest BCUT2D eigenvalue weighted by Crippen LogP contribution is 1.97. The van der Waals surface area contributed by atoms with Gasteiger partial charge < -0.3 is 15.4 Å². The Bertz CT molecular complexity index is 318. The third-order valence-electron chi connectivity index (χ3n) is 2.28. The van der Waals surface area contributed by atoms with E-state index in [1.54, 1.807) is 7.11 Å². The minimum Gasteiger partial charge on any atom is -0.393 e. The Balaban J connectivity index is 3.96. The van der Waals surface area contributed by atoms with E-state index < -0.39 is 9.84 Å². The van der Waals surface area contributed by atoms with Gasteiger partial charge in [0.25, 0.3) is 0 Å². The molecule has 0 bridgehead atoms. The summed E-state index contributed by atoms with van der Waals surface area (Å²) in [5.41, 5.74) is 5.44. The minimum atomic E-state index is -2.88. The molecule has 0 amide bonds. The Hall–Kier alpha value is -0.240. The minimum absolute atomic E-state index is 0.212. The van der Waals surface area contributed by atoms with E-state index in [1.165, 1.54) is 6.26 Å². The third kappa shape index (κ3) is 12.0. The number of sulfone groups is 1. The second-order valence-corrected chi connectivity index (χ2v) is 6.82. The lowest BCUT2D eigenvalue weighted by molar-refractivity contribution is 0.149. The monoisotopic (exact) mass is 282 g/mol. The van der Waals surface area contributed by atoms with Gasteiger partial charge in [-0.1, -0.05) is 12.2 Å². The number of rotatable bonds is 10. The van der Waals surface area contributed by atoms with E-state index in [0.29, 0.717) is 24.4 Å². The normalized spacial score (nSPS) is 11.9. The second-order valence-electron chi connectivity index (χ2n) is 4.03. The topological polar surface area (TPSA) is 72.6 Å². The van der Waals surface area contributed by atoms with Gasteiger partial charge in [-0.25, -0.2) is 8.42 Å². The van der Waals surface area contributed by atoms with Crippen LogP contribution in [0.2, 0.25) is 0 Å². The third-order valence-corrected chi connectivity index (χ3v) is 3.51. The molecular formula is C10H22N2O3S2. The zero-order chi connectivity index (χ0) is 13.3. The molecule has 0 rings (SSSR count). The fourth-order valence-corrected chi connectivity index (χ4v) is 2.12. The van der Waals surface area contributed by atoms with Gasteiger partial charge >= 0.3 is 0 Å². The van der Waals surface area contributed by atoms with Crippen LogP contribution in [0.1, 0.15) is 12.8 Å². The zero-order valence-corrected chi connectivity index (χ0v) is 12.1. The van der Waals surface area contributed by atoms with Crippen LogP contribution in [0, 0.1) is 0 Å². The Morgan fingerprint density at radius 1 is 1.35 bits per heavy atom. The first kappa shape index (κ1) is 16.8. The largest absolute Gasteiger partial charge is 0.393 e. The maximum Gasteiger partial charge on any atom is 0.147 e. The standard InChI is InChI=1S/C10H22N2O3S2/c1-15-8-7-12(6-4-10(11)16)5-3-9-17(2,13)14/h3-9H2,1-2H3,(H2,11,16). The van der Waals surface area contributed by atoms with Crippen molar-refractivity contribution in [3.05, 3.63) is 0 Å². The molecule has 0 aliphatic rings. The van der Waals surface area contributed by atoms with Crippen LogP contribution in [-0.4, -0.2) is 63.7 Å². The number of methoxy groups -OCH3 is 1. The van der Waals surface area contributed by atoms with Gasteiger partial charge in [-0.2, -0.15) is 0 Å². The summed E-state index contributed by atoms with van der Waals surface area (Å²) in [5, 5.41) is 0. The highest BCUT2D eigenvalue weighted by atomic mass is 32.2. The summed E-state index contributed by atoms with van der Waals surface area (Å²) in [5.74, 6) is 0.212. The van der Waals surface area contributed by atoms with Crippen LogP contribution in [0.3, 0.4) is 0 Å². The maximum absolute atomic E-state index is 11.0. The smallest absolute Gasteiger partial charge is 0.147 e. The number of hydrogen-bond donors (Lipinski definition) is 1. The van der Waals surface area contributed by atoms with Crippen molar-refractivity contribution in [1.82, 2.24) is 4.90 Å². The molecule has 17 heavy (non-hydrogen) atoms. The molecule has 0 atom stereocenters. The Morgan fingerprint density at radius 2 is 2.00 bits per heavy atom. The molecule has 0 aromatic heterocycles. The van der Waals surface area contributed by atoms with Crippen LogP contribution in [0.15, 0.2) is 0 Å². The lowest BCUT2D eigenvalue weighted by Gasteiger charge is -2.21. The summed E-state index contributed by atoms with van der Waals surface area (Å²) >= 11 is 4.82. The highest BCUT2D eigenvalue weighted by Gasteiger charge is 2.08. The molecule has 2 N–H and O–H groups in total. The molecule has 0 unspecified atom stereocenters. The number of nitrogens with two attached hydrogens (primary N) is 1. The van der Waals surface area contributed by atoms with E-state index in [2.05, 4.69) is 4.90 Å². The van der Waals surface area contributed by atoms with Crippen molar-refractivity contribution in [1.29, 1.82) is 0 Å². The molecular weight excluding hydrogens is 260 g/mol. The van der Waals surface area contributed by atoms with Crippen LogP contribution in [0.5, 0.6) is 0 Å². The maximum atomic E-state index is 11.0. The van der Waals surface area contributed by atoms with Gasteiger partial charge in [0.1, 0.15) is 9.84 Å². The molecule has 0 aromatic rings. The fourth-order valence-electron chi connectivity index (χ4n) is 1.37. The lowest BCUT2D eigenvalue weighted by Crippen LogP contribution is -2.32. The van der Waals surface area contributed by atoms with Crippen LogP contribution < -0.4 is 5.73 Å². The van der Waals surface area contributed by atoms with Crippen molar-refractivity contribution in [3.8, 4) is 0 Å². The molecule has 0 aliphatic heterocycles. The Morgan fingerprint density at radius 3 is 2.47 bits per heavy atom. The summed E-state index contributed by atoms with van der Waals surface area (Å²) in [6.07, 6.45) is 2.53. The molecule has 7 heteroatoms. The quantitative estimate of drug-likeness (QED) is 0.571. The van der Waals surface area contributed by atoms with Gasteiger partial charge in [-0.15, -0.1) is 0 Å². The average Bonchev–Trinajstić information content (AvgIpc) is 2.19. The summed E-state index contributed by atoms with van der Waals surface area (Å²) < 4.78 is 27.0. The zero-order valence-electron chi connectivity index (χ0n) is 10.5. The molecule has 0 saturated carbocycles. The lowest BCUT2D eigenvalue weighted by atomic mass is 10.3. The number of nitrogens with zero attached hydrogens (tertiary/aromatic N) is 1. The first-order valence-electron chi connectivity index (χ1n) is 5.52. The fraction of sp³-hybridized carbons (Fsp3) is 0.900. The van der Waals surface area contributed by atoms with Crippen LogP contribution >= 0.6 is 12.2 Å². The molecule has 0 aromatic carbocycles. The van der Waals surface area contributed by atoms with Crippen molar-refractivity contribution in [2.45, 2.75) is 12.8 Å². The Kier molecular flexibility index (Phi) is 8.67. The summed E-state index contributed by atoms with van der Waals surface area (Å²) in [7, 11) is -1.24. The SMILES string of the molecule is COCCN(CCCS(C)(=O)=O)CCC(N)=S. The van der Waals surface area contributed by atoms with Gasteiger partial charge in [-0.3, -0.25) is 0 Å². The van der Waals surface area contributed by atoms with Gasteiger partial charge in [0.05, 0.1) is 17.3 Å². The van der Waals surface area contributed by atoms with Crippen molar-refractivity contribution >= 4 is 27.0 Å². The van der Waals surface area contributed by atoms with Crippen molar-refractivity contribution in [3.63, 3.8) is 0 Å². The predicted octanol–water partition coefficient (Wildman–Crippen LogP) is 0.0457. The summed E-state index contributed by atoms with van der Waals surface area (Å²) in [4.78, 5) is 2.60. The van der Waals surface area contributed by atoms with Crippen LogP contribution in [0.25, 0.3) is 0 Å². The molecule has 0 spiro atoms. The summed E-state index contributed by atoms with van der Waals surface area (Å²) in [6.45, 7) is 2.86. The van der Waals surface area contributed by atoms with Gasteiger partial charge in [-0.05, 0) is 13.0 Å². The van der Waals surface area contributed by atoms with E-state index in [1.807, 2.05) is 0 Å². The van der Waals surface area contributed by atoms with Gasteiger partial charge in [0, 0.05) is 32.9 Å². The molecule has 0 aliphatic carbocycles. The van der Waals surface area contributed by atoms with Crippen LogP contribution in [0.4, 0.5) is 0 Å². The van der Waals surface area contributed by atoms with E-state index in [0.717, 1.165) is 19.6 Å². The second kappa shape index (κ2) is 8.79. The van der Waals surface area contributed by atoms with Gasteiger partial charge in [0.2, 0.25) is 0 Å². The number of ether oxygens (including phenoxy) is 1. The van der Waals surface area contributed by atoms with E-state index in [9.17, 15) is 8.42 Å². The van der Waals surface area contributed by atoms with E-state index >= 15 is 0 Å². The first-order chi connectivity index (χ1) is 7.85. The molecule has 0 fully saturated rings. The molecule has 0 saturated heterocycles. The van der Waals surface area contributed by atoms with Crippen molar-refractivity contribution in [2.24, 2.45) is 5.73 Å². The average molecular weight is 282 g/mol. The van der Waals surface area contributed by atoms with E-state index in [-0.39, 0.29) is 5.75 Å². The molecule has 0 heterocycles. The van der Waals surface area contributed by atoms with Crippen molar-refractivity contribution in [2.75, 3.05) is 45.4 Å². The summed E-state index contributed by atoms with van der Waals surface area (Å²) in [6, 6.07) is 0.